The lowest BCUT2D eigenvalue weighted by Gasteiger charge is -2.16. The molecule has 1 aliphatic rings. The second-order valence-corrected chi connectivity index (χ2v) is 8.77. The molecule has 4 rings (SSSR count). The summed E-state index contributed by atoms with van der Waals surface area (Å²) >= 11 is 0. The van der Waals surface area contributed by atoms with E-state index in [0.717, 1.165) is 34.1 Å². The summed E-state index contributed by atoms with van der Waals surface area (Å²) in [7, 11) is -3.39. The van der Waals surface area contributed by atoms with Gasteiger partial charge < -0.3 is 4.74 Å². The molecule has 0 atom stereocenters. The predicted octanol–water partition coefficient (Wildman–Crippen LogP) is 5.07. The van der Waals surface area contributed by atoms with Crippen LogP contribution in [0.25, 0.3) is 11.1 Å². The Morgan fingerprint density at radius 2 is 1.72 bits per heavy atom. The minimum absolute atomic E-state index is 0.225. The van der Waals surface area contributed by atoms with Crippen LogP contribution >= 0.6 is 0 Å². The minimum Gasteiger partial charge on any atom is -0.485 e. The van der Waals surface area contributed by atoms with E-state index in [9.17, 15) is 12.8 Å². The largest absolute Gasteiger partial charge is 0.485 e. The fourth-order valence-electron chi connectivity index (χ4n) is 3.62. The van der Waals surface area contributed by atoms with Crippen LogP contribution in [-0.4, -0.2) is 14.7 Å². The Kier molecular flexibility index (Phi) is 4.88. The number of nitrogens with one attached hydrogen (secondary N) is 1. The third-order valence-electron chi connectivity index (χ3n) is 4.87. The molecule has 0 aliphatic carbocycles. The third kappa shape index (κ3) is 3.89. The van der Waals surface area contributed by atoms with Gasteiger partial charge in [0.2, 0.25) is 10.0 Å². The topological polar surface area (TPSA) is 55.4 Å². The van der Waals surface area contributed by atoms with E-state index < -0.39 is 15.8 Å². The van der Waals surface area contributed by atoms with Crippen molar-refractivity contribution in [2.45, 2.75) is 13.5 Å². The Morgan fingerprint density at radius 1 is 1.00 bits per heavy atom. The molecule has 0 fully saturated rings. The van der Waals surface area contributed by atoms with Crippen molar-refractivity contribution >= 4 is 26.9 Å². The lowest BCUT2D eigenvalue weighted by atomic mass is 9.88. The van der Waals surface area contributed by atoms with E-state index in [1.54, 1.807) is 24.3 Å². The molecular formula is C23H20FNO3S. The van der Waals surface area contributed by atoms with E-state index in [-0.39, 0.29) is 12.4 Å². The summed E-state index contributed by atoms with van der Waals surface area (Å²) in [6.45, 7) is 2.22. The monoisotopic (exact) mass is 409 g/mol. The Labute approximate surface area is 169 Å². The zero-order valence-electron chi connectivity index (χ0n) is 16.1. The molecule has 0 unspecified atom stereocenters. The number of para-hydroxylation sites is 1. The van der Waals surface area contributed by atoms with Crippen LogP contribution in [0.2, 0.25) is 0 Å². The molecule has 1 N–H and O–H groups in total. The molecule has 0 bridgehead atoms. The summed E-state index contributed by atoms with van der Waals surface area (Å²) in [4.78, 5) is 0. The van der Waals surface area contributed by atoms with E-state index in [1.165, 1.54) is 6.07 Å². The number of halogens is 1. The fraction of sp³-hybridized carbons (Fsp3) is 0.130. The molecule has 148 valence electrons. The van der Waals surface area contributed by atoms with Gasteiger partial charge in [0.25, 0.3) is 0 Å². The number of benzene rings is 3. The summed E-state index contributed by atoms with van der Waals surface area (Å²) in [5.41, 5.74) is 5.67. The van der Waals surface area contributed by atoms with Crippen molar-refractivity contribution in [3.8, 4) is 5.75 Å². The van der Waals surface area contributed by atoms with Gasteiger partial charge in [-0.1, -0.05) is 48.5 Å². The van der Waals surface area contributed by atoms with Gasteiger partial charge in [0.1, 0.15) is 6.61 Å². The van der Waals surface area contributed by atoms with Crippen LogP contribution in [0.3, 0.4) is 0 Å². The zero-order valence-corrected chi connectivity index (χ0v) is 16.9. The molecule has 1 aliphatic heterocycles. The Bertz CT molecular complexity index is 1230. The molecule has 4 nitrogen and oxygen atoms in total. The van der Waals surface area contributed by atoms with Crippen LogP contribution < -0.4 is 9.46 Å². The van der Waals surface area contributed by atoms with Gasteiger partial charge >= 0.3 is 0 Å². The van der Waals surface area contributed by atoms with Crippen molar-refractivity contribution < 1.29 is 17.5 Å². The van der Waals surface area contributed by atoms with Crippen molar-refractivity contribution in [3.05, 3.63) is 94.8 Å². The number of ether oxygens (including phenoxy) is 1. The lowest BCUT2D eigenvalue weighted by molar-refractivity contribution is 0.291. The van der Waals surface area contributed by atoms with E-state index in [0.29, 0.717) is 11.3 Å². The predicted molar refractivity (Wildman–Crippen MR) is 114 cm³/mol. The van der Waals surface area contributed by atoms with Crippen molar-refractivity contribution in [1.82, 2.24) is 0 Å². The molecule has 0 aromatic heterocycles. The molecule has 0 radical (unpaired) electrons. The summed E-state index contributed by atoms with van der Waals surface area (Å²) < 4.78 is 46.1. The standard InChI is InChI=1S/C23H20FNO3S/c1-15(16-8-5-9-18(13-16)25-29(2,26)27)22-19-10-4-3-7-17(19)14-28-23-20(22)11-6-12-21(23)24/h3-13,25H,14H2,1-2H3/b22-15+. The van der Waals surface area contributed by atoms with Crippen molar-refractivity contribution in [1.29, 1.82) is 0 Å². The van der Waals surface area contributed by atoms with Gasteiger partial charge in [-0.15, -0.1) is 0 Å². The minimum atomic E-state index is -3.39. The number of anilines is 1. The number of hydrogen-bond acceptors (Lipinski definition) is 3. The molecule has 0 saturated heterocycles. The van der Waals surface area contributed by atoms with Gasteiger partial charge in [0, 0.05) is 11.3 Å². The van der Waals surface area contributed by atoms with E-state index in [4.69, 9.17) is 4.74 Å². The highest BCUT2D eigenvalue weighted by atomic mass is 32.2. The van der Waals surface area contributed by atoms with Crippen LogP contribution in [-0.2, 0) is 16.6 Å². The highest BCUT2D eigenvalue weighted by molar-refractivity contribution is 7.92. The lowest BCUT2D eigenvalue weighted by Crippen LogP contribution is -2.09. The van der Waals surface area contributed by atoms with Crippen LogP contribution in [0.15, 0.2) is 66.7 Å². The molecule has 3 aromatic carbocycles. The number of allylic oxidation sites excluding steroid dienone is 1. The Hall–Kier alpha value is -3.12. The average molecular weight is 409 g/mol. The maximum atomic E-state index is 14.5. The highest BCUT2D eigenvalue weighted by Gasteiger charge is 2.23. The van der Waals surface area contributed by atoms with Gasteiger partial charge in [-0.05, 0) is 53.0 Å². The summed E-state index contributed by atoms with van der Waals surface area (Å²) in [6, 6.07) is 19.9. The Balaban J connectivity index is 1.97. The smallest absolute Gasteiger partial charge is 0.229 e. The molecule has 1 heterocycles. The summed E-state index contributed by atoms with van der Waals surface area (Å²) in [5.74, 6) is -0.184. The van der Waals surface area contributed by atoms with Crippen molar-refractivity contribution in [2.75, 3.05) is 11.0 Å². The first kappa shape index (κ1) is 19.2. The van der Waals surface area contributed by atoms with Gasteiger partial charge in [0.05, 0.1) is 6.26 Å². The normalized spacial score (nSPS) is 14.9. The molecule has 0 saturated carbocycles. The summed E-state index contributed by atoms with van der Waals surface area (Å²) in [5, 5.41) is 0. The molecule has 6 heteroatoms. The van der Waals surface area contributed by atoms with Gasteiger partial charge in [-0.2, -0.15) is 0 Å². The van der Waals surface area contributed by atoms with Crippen LogP contribution in [0.4, 0.5) is 10.1 Å². The van der Waals surface area contributed by atoms with Crippen LogP contribution in [0, 0.1) is 5.82 Å². The van der Waals surface area contributed by atoms with E-state index in [1.807, 2.05) is 43.3 Å². The van der Waals surface area contributed by atoms with E-state index >= 15 is 0 Å². The van der Waals surface area contributed by atoms with Crippen LogP contribution in [0.1, 0.15) is 29.2 Å². The first-order chi connectivity index (χ1) is 13.8. The second kappa shape index (κ2) is 7.37. The second-order valence-electron chi connectivity index (χ2n) is 7.02. The van der Waals surface area contributed by atoms with Crippen LogP contribution in [0.5, 0.6) is 5.75 Å². The molecule has 0 amide bonds. The molecular weight excluding hydrogens is 389 g/mol. The zero-order chi connectivity index (χ0) is 20.6. The molecule has 3 aromatic rings. The highest BCUT2D eigenvalue weighted by Crippen LogP contribution is 2.42. The first-order valence-corrected chi connectivity index (χ1v) is 11.0. The van der Waals surface area contributed by atoms with Crippen molar-refractivity contribution in [2.24, 2.45) is 0 Å². The quantitative estimate of drug-likeness (QED) is 0.657. The number of rotatable bonds is 3. The van der Waals surface area contributed by atoms with Gasteiger partial charge in [-0.3, -0.25) is 4.72 Å². The molecule has 0 spiro atoms. The number of sulfonamides is 1. The fourth-order valence-corrected chi connectivity index (χ4v) is 4.17. The first-order valence-electron chi connectivity index (χ1n) is 9.12. The average Bonchev–Trinajstić information content (AvgIpc) is 2.84. The SMILES string of the molecule is C/C(=C1/c2ccccc2COc2c(F)cccc21)c1cccc(NS(C)(=O)=O)c1. The number of hydrogen-bond donors (Lipinski definition) is 1. The van der Waals surface area contributed by atoms with E-state index in [2.05, 4.69) is 4.72 Å². The molecule has 29 heavy (non-hydrogen) atoms. The Morgan fingerprint density at radius 3 is 2.52 bits per heavy atom. The summed E-state index contributed by atoms with van der Waals surface area (Å²) in [6.07, 6.45) is 1.11. The number of fused-ring (bicyclic) bond motifs is 2. The third-order valence-corrected chi connectivity index (χ3v) is 5.48. The van der Waals surface area contributed by atoms with Gasteiger partial charge in [0.15, 0.2) is 11.6 Å². The maximum absolute atomic E-state index is 14.5. The van der Waals surface area contributed by atoms with Gasteiger partial charge in [-0.25, -0.2) is 12.8 Å². The maximum Gasteiger partial charge on any atom is 0.229 e. The van der Waals surface area contributed by atoms with Crippen molar-refractivity contribution in [3.63, 3.8) is 0 Å².